The number of hydrogen-bond acceptors (Lipinski definition) is 4. The molecular formula is C17H16ClN5OS. The van der Waals surface area contributed by atoms with Crippen molar-refractivity contribution < 1.29 is 4.79 Å². The van der Waals surface area contributed by atoms with Gasteiger partial charge in [-0.1, -0.05) is 11.6 Å². The monoisotopic (exact) mass is 373 g/mol. The maximum atomic E-state index is 12.4. The molecule has 8 heteroatoms. The lowest BCUT2D eigenvalue weighted by molar-refractivity contribution is -0.122. The third-order valence-electron chi connectivity index (χ3n) is 3.75. The van der Waals surface area contributed by atoms with Gasteiger partial charge in [-0.3, -0.25) is 19.4 Å². The van der Waals surface area contributed by atoms with Crippen molar-refractivity contribution in [2.75, 3.05) is 0 Å². The van der Waals surface area contributed by atoms with Gasteiger partial charge in [-0.05, 0) is 61.1 Å². The molecule has 0 aliphatic heterocycles. The third kappa shape index (κ3) is 4.12. The number of rotatable bonds is 5. The van der Waals surface area contributed by atoms with Crippen molar-refractivity contribution in [2.24, 2.45) is 0 Å². The van der Waals surface area contributed by atoms with E-state index in [4.69, 9.17) is 23.8 Å². The van der Waals surface area contributed by atoms with Crippen LogP contribution in [0, 0.1) is 4.77 Å². The molecule has 1 atom stereocenters. The summed E-state index contributed by atoms with van der Waals surface area (Å²) in [6, 6.07) is 10.8. The minimum Gasteiger partial charge on any atom is -0.348 e. The molecule has 1 aromatic carbocycles. The molecule has 0 saturated carbocycles. The number of halogens is 1. The maximum Gasteiger partial charge on any atom is 0.240 e. The van der Waals surface area contributed by atoms with Gasteiger partial charge in [-0.25, -0.2) is 0 Å². The number of nitrogens with zero attached hydrogens (tertiary/aromatic N) is 3. The van der Waals surface area contributed by atoms with Crippen molar-refractivity contribution in [3.63, 3.8) is 0 Å². The number of amides is 1. The average Bonchev–Trinajstić information content (AvgIpc) is 2.97. The summed E-state index contributed by atoms with van der Waals surface area (Å²) < 4.78 is 2.05. The van der Waals surface area contributed by atoms with Gasteiger partial charge in [-0.2, -0.15) is 5.10 Å². The lowest BCUT2D eigenvalue weighted by atomic mass is 10.1. The number of aromatic nitrogens is 4. The minimum atomic E-state index is -0.156. The molecule has 0 aliphatic rings. The molecule has 2 aromatic heterocycles. The fraction of sp³-hybridized carbons (Fsp3) is 0.176. The fourth-order valence-corrected chi connectivity index (χ4v) is 2.77. The molecule has 1 amide bonds. The summed E-state index contributed by atoms with van der Waals surface area (Å²) in [7, 11) is 0. The largest absolute Gasteiger partial charge is 0.348 e. The van der Waals surface area contributed by atoms with Crippen LogP contribution in [0.3, 0.4) is 0 Å². The second-order valence-corrected chi connectivity index (χ2v) is 6.34. The number of aromatic amines is 1. The zero-order valence-corrected chi connectivity index (χ0v) is 15.0. The Kier molecular flexibility index (Phi) is 5.25. The number of nitrogens with one attached hydrogen (secondary N) is 2. The summed E-state index contributed by atoms with van der Waals surface area (Å²) in [6.07, 6.45) is 3.39. The van der Waals surface area contributed by atoms with E-state index in [1.807, 2.05) is 31.2 Å². The zero-order valence-electron chi connectivity index (χ0n) is 13.4. The molecule has 25 heavy (non-hydrogen) atoms. The Balaban J connectivity index is 1.77. The van der Waals surface area contributed by atoms with Gasteiger partial charge in [0.25, 0.3) is 0 Å². The van der Waals surface area contributed by atoms with Crippen LogP contribution in [0.5, 0.6) is 0 Å². The molecule has 2 N–H and O–H groups in total. The van der Waals surface area contributed by atoms with E-state index >= 15 is 0 Å². The Morgan fingerprint density at radius 2 is 1.96 bits per heavy atom. The molecule has 0 spiro atoms. The quantitative estimate of drug-likeness (QED) is 0.671. The fourth-order valence-electron chi connectivity index (χ4n) is 2.45. The van der Waals surface area contributed by atoms with Gasteiger partial charge in [0.15, 0.2) is 10.6 Å². The number of H-pyrrole nitrogens is 1. The normalized spacial score (nSPS) is 11.9. The lowest BCUT2D eigenvalue weighted by Crippen LogP contribution is -2.30. The summed E-state index contributed by atoms with van der Waals surface area (Å²) >= 11 is 11.2. The van der Waals surface area contributed by atoms with Crippen LogP contribution in [-0.4, -0.2) is 25.7 Å². The first-order valence-electron chi connectivity index (χ1n) is 7.65. The van der Waals surface area contributed by atoms with E-state index in [1.165, 1.54) is 0 Å². The van der Waals surface area contributed by atoms with Crippen LogP contribution in [0.4, 0.5) is 0 Å². The van der Waals surface area contributed by atoms with Gasteiger partial charge < -0.3 is 5.32 Å². The number of benzene rings is 1. The maximum absolute atomic E-state index is 12.4. The van der Waals surface area contributed by atoms with Crippen molar-refractivity contribution in [3.05, 3.63) is 64.1 Å². The van der Waals surface area contributed by atoms with E-state index in [9.17, 15) is 4.79 Å². The van der Waals surface area contributed by atoms with E-state index in [-0.39, 0.29) is 18.5 Å². The van der Waals surface area contributed by atoms with Crippen molar-refractivity contribution in [1.29, 1.82) is 0 Å². The molecular weight excluding hydrogens is 358 g/mol. The van der Waals surface area contributed by atoms with Crippen LogP contribution < -0.4 is 5.32 Å². The SMILES string of the molecule is CC(NC(=O)Cn1c(-c2ccc(Cl)cc2)n[nH]c1=S)c1ccncc1. The van der Waals surface area contributed by atoms with Gasteiger partial charge in [0.2, 0.25) is 5.91 Å². The van der Waals surface area contributed by atoms with E-state index in [1.54, 1.807) is 29.1 Å². The van der Waals surface area contributed by atoms with Crippen LogP contribution in [0.2, 0.25) is 5.02 Å². The molecule has 0 saturated heterocycles. The van der Waals surface area contributed by atoms with Gasteiger partial charge in [0, 0.05) is 23.0 Å². The second kappa shape index (κ2) is 7.58. The lowest BCUT2D eigenvalue weighted by Gasteiger charge is -2.15. The highest BCUT2D eigenvalue weighted by Gasteiger charge is 2.14. The topological polar surface area (TPSA) is 75.6 Å². The van der Waals surface area contributed by atoms with Crippen molar-refractivity contribution >= 4 is 29.7 Å². The summed E-state index contributed by atoms with van der Waals surface area (Å²) in [5, 5.41) is 10.5. The molecule has 2 heterocycles. The predicted octanol–water partition coefficient (Wildman–Crippen LogP) is 3.53. The van der Waals surface area contributed by atoms with Crippen molar-refractivity contribution in [3.8, 4) is 11.4 Å². The number of carbonyl (C=O) groups excluding carboxylic acids is 1. The average molecular weight is 374 g/mol. The molecule has 0 bridgehead atoms. The minimum absolute atomic E-state index is 0.0721. The first-order chi connectivity index (χ1) is 12.0. The number of pyridine rings is 1. The van der Waals surface area contributed by atoms with Gasteiger partial charge in [0.1, 0.15) is 6.54 Å². The van der Waals surface area contributed by atoms with Gasteiger partial charge >= 0.3 is 0 Å². The van der Waals surface area contributed by atoms with Crippen molar-refractivity contribution in [1.82, 2.24) is 25.1 Å². The standard InChI is InChI=1S/C17H16ClN5OS/c1-11(12-6-8-19-9-7-12)20-15(24)10-23-16(21-22-17(23)25)13-2-4-14(18)5-3-13/h2-9,11H,10H2,1H3,(H,20,24)(H,22,25). The molecule has 6 nitrogen and oxygen atoms in total. The van der Waals surface area contributed by atoms with Crippen molar-refractivity contribution in [2.45, 2.75) is 19.5 Å². The second-order valence-electron chi connectivity index (χ2n) is 5.52. The Bertz CT molecular complexity index is 920. The Labute approximate surface area is 154 Å². The Morgan fingerprint density at radius 1 is 1.28 bits per heavy atom. The van der Waals surface area contributed by atoms with E-state index in [0.29, 0.717) is 15.6 Å². The Morgan fingerprint density at radius 3 is 2.64 bits per heavy atom. The highest BCUT2D eigenvalue weighted by molar-refractivity contribution is 7.71. The molecule has 128 valence electrons. The summed E-state index contributed by atoms with van der Waals surface area (Å²) in [5.41, 5.74) is 1.81. The molecule has 3 aromatic rings. The summed E-state index contributed by atoms with van der Waals surface area (Å²) in [6.45, 7) is 1.99. The smallest absolute Gasteiger partial charge is 0.240 e. The van der Waals surface area contributed by atoms with E-state index in [0.717, 1.165) is 11.1 Å². The molecule has 0 aliphatic carbocycles. The van der Waals surface area contributed by atoms with Crippen LogP contribution in [0.1, 0.15) is 18.5 Å². The highest BCUT2D eigenvalue weighted by atomic mass is 35.5. The molecule has 0 radical (unpaired) electrons. The zero-order chi connectivity index (χ0) is 17.8. The van der Waals surface area contributed by atoms with Crippen LogP contribution in [-0.2, 0) is 11.3 Å². The summed E-state index contributed by atoms with van der Waals surface area (Å²) in [4.78, 5) is 16.4. The van der Waals surface area contributed by atoms with E-state index < -0.39 is 0 Å². The number of carbonyl (C=O) groups is 1. The van der Waals surface area contributed by atoms with E-state index in [2.05, 4.69) is 20.5 Å². The van der Waals surface area contributed by atoms with Gasteiger partial charge in [-0.15, -0.1) is 0 Å². The highest BCUT2D eigenvalue weighted by Crippen LogP contribution is 2.20. The molecule has 3 rings (SSSR count). The van der Waals surface area contributed by atoms with Gasteiger partial charge in [0.05, 0.1) is 6.04 Å². The Hall–Kier alpha value is -2.51. The van der Waals surface area contributed by atoms with Crippen LogP contribution in [0.25, 0.3) is 11.4 Å². The van der Waals surface area contributed by atoms with Crippen LogP contribution >= 0.6 is 23.8 Å². The predicted molar refractivity (Wildman–Crippen MR) is 98.7 cm³/mol. The first kappa shape index (κ1) is 17.3. The first-order valence-corrected chi connectivity index (χ1v) is 8.43. The third-order valence-corrected chi connectivity index (χ3v) is 4.31. The summed E-state index contributed by atoms with van der Waals surface area (Å²) in [5.74, 6) is 0.436. The van der Waals surface area contributed by atoms with Crippen LogP contribution in [0.15, 0.2) is 48.8 Å². The molecule has 0 fully saturated rings. The number of hydrogen-bond donors (Lipinski definition) is 2. The molecule has 1 unspecified atom stereocenters.